The Bertz CT molecular complexity index is 335. The van der Waals surface area contributed by atoms with Crippen LogP contribution in [0.3, 0.4) is 0 Å². The van der Waals surface area contributed by atoms with Crippen LogP contribution in [-0.2, 0) is 14.3 Å². The lowest BCUT2D eigenvalue weighted by molar-refractivity contribution is -0.151. The summed E-state index contributed by atoms with van der Waals surface area (Å²) in [6.45, 7) is 10.2. The Morgan fingerprint density at radius 3 is 2.47 bits per heavy atom. The molecule has 1 saturated heterocycles. The maximum Gasteiger partial charge on any atom is 0.410 e. The number of hydrogen-bond donors (Lipinski definition) is 0. The molecular weight excluding hydrogens is 246 g/mol. The zero-order valence-corrected chi connectivity index (χ0v) is 12.6. The number of amides is 1. The van der Waals surface area contributed by atoms with Gasteiger partial charge in [0.1, 0.15) is 5.60 Å². The van der Waals surface area contributed by atoms with Crippen LogP contribution < -0.4 is 0 Å². The molecule has 1 fully saturated rings. The second kappa shape index (κ2) is 6.26. The zero-order valence-electron chi connectivity index (χ0n) is 12.6. The average Bonchev–Trinajstić information content (AvgIpc) is 2.27. The Labute approximate surface area is 115 Å². The molecule has 1 heterocycles. The van der Waals surface area contributed by atoms with E-state index >= 15 is 0 Å². The Morgan fingerprint density at radius 2 is 1.95 bits per heavy atom. The molecule has 2 atom stereocenters. The quantitative estimate of drug-likeness (QED) is 0.724. The van der Waals surface area contributed by atoms with E-state index in [0.29, 0.717) is 13.2 Å². The first-order valence-electron chi connectivity index (χ1n) is 6.92. The van der Waals surface area contributed by atoms with Crippen LogP contribution in [0.25, 0.3) is 0 Å². The van der Waals surface area contributed by atoms with Gasteiger partial charge in [-0.2, -0.15) is 0 Å². The fourth-order valence-corrected chi connectivity index (χ4v) is 2.29. The number of esters is 1. The molecule has 0 bridgehead atoms. The van der Waals surface area contributed by atoms with Crippen LogP contribution in [0.2, 0.25) is 0 Å². The third-order valence-electron chi connectivity index (χ3n) is 3.21. The molecule has 110 valence electrons. The predicted octanol–water partition coefficient (Wildman–Crippen LogP) is 2.59. The Hall–Kier alpha value is -1.26. The van der Waals surface area contributed by atoms with Crippen LogP contribution in [0.15, 0.2) is 0 Å². The van der Waals surface area contributed by atoms with E-state index < -0.39 is 5.60 Å². The van der Waals surface area contributed by atoms with Crippen molar-refractivity contribution in [2.75, 3.05) is 13.2 Å². The smallest absolute Gasteiger partial charge is 0.410 e. The summed E-state index contributed by atoms with van der Waals surface area (Å²) in [5, 5.41) is 0. The van der Waals surface area contributed by atoms with Gasteiger partial charge in [0.15, 0.2) is 0 Å². The monoisotopic (exact) mass is 271 g/mol. The van der Waals surface area contributed by atoms with E-state index in [1.54, 1.807) is 11.8 Å². The highest BCUT2D eigenvalue weighted by molar-refractivity contribution is 5.75. The summed E-state index contributed by atoms with van der Waals surface area (Å²) in [4.78, 5) is 25.6. The predicted molar refractivity (Wildman–Crippen MR) is 71.8 cm³/mol. The summed E-state index contributed by atoms with van der Waals surface area (Å²) in [5.74, 6) is -0.468. The van der Waals surface area contributed by atoms with Crippen LogP contribution in [0.5, 0.6) is 0 Å². The minimum atomic E-state index is -0.520. The van der Waals surface area contributed by atoms with Crippen molar-refractivity contribution in [2.24, 2.45) is 5.92 Å². The highest BCUT2D eigenvalue weighted by Gasteiger charge is 2.37. The van der Waals surface area contributed by atoms with Gasteiger partial charge in [0.25, 0.3) is 0 Å². The van der Waals surface area contributed by atoms with Crippen molar-refractivity contribution in [3.63, 3.8) is 0 Å². The van der Waals surface area contributed by atoms with E-state index in [-0.39, 0.29) is 24.0 Å². The van der Waals surface area contributed by atoms with Crippen LogP contribution in [0, 0.1) is 5.92 Å². The number of carbonyl (C=O) groups excluding carboxylic acids is 2. The third-order valence-corrected chi connectivity index (χ3v) is 3.21. The lowest BCUT2D eigenvalue weighted by Gasteiger charge is -2.38. The molecule has 0 spiro atoms. The average molecular weight is 271 g/mol. The third kappa shape index (κ3) is 4.40. The van der Waals surface area contributed by atoms with Gasteiger partial charge in [0.2, 0.25) is 0 Å². The van der Waals surface area contributed by atoms with Gasteiger partial charge in [-0.1, -0.05) is 0 Å². The van der Waals surface area contributed by atoms with Crippen LogP contribution >= 0.6 is 0 Å². The largest absolute Gasteiger partial charge is 0.466 e. The summed E-state index contributed by atoms with van der Waals surface area (Å²) in [6.07, 6.45) is 1.21. The first-order chi connectivity index (χ1) is 8.76. The van der Waals surface area contributed by atoms with Gasteiger partial charge in [-0.15, -0.1) is 0 Å². The highest BCUT2D eigenvalue weighted by Crippen LogP contribution is 2.26. The molecule has 1 rings (SSSR count). The number of piperidine rings is 1. The fraction of sp³-hybridized carbons (Fsp3) is 0.857. The lowest BCUT2D eigenvalue weighted by Crippen LogP contribution is -2.50. The van der Waals surface area contributed by atoms with Gasteiger partial charge < -0.3 is 14.4 Å². The van der Waals surface area contributed by atoms with Crippen LogP contribution in [-0.4, -0.2) is 41.8 Å². The molecule has 0 aromatic carbocycles. The number of likely N-dealkylation sites (tertiary alicyclic amines) is 1. The van der Waals surface area contributed by atoms with E-state index in [4.69, 9.17) is 9.47 Å². The molecule has 0 radical (unpaired) electrons. The lowest BCUT2D eigenvalue weighted by atomic mass is 9.90. The molecule has 0 saturated carbocycles. The van der Waals surface area contributed by atoms with Gasteiger partial charge in [-0.05, 0) is 47.5 Å². The number of hydrogen-bond acceptors (Lipinski definition) is 4. The van der Waals surface area contributed by atoms with Gasteiger partial charge in [0, 0.05) is 12.6 Å². The SMILES string of the molecule is CCOC(=O)[C@H]1CCCN(C(=O)OC(C)(C)C)[C@@H]1C. The fourth-order valence-electron chi connectivity index (χ4n) is 2.29. The summed E-state index contributed by atoms with van der Waals surface area (Å²) >= 11 is 0. The van der Waals surface area contributed by atoms with Crippen LogP contribution in [0.1, 0.15) is 47.5 Å². The van der Waals surface area contributed by atoms with E-state index in [9.17, 15) is 9.59 Å². The van der Waals surface area contributed by atoms with Crippen molar-refractivity contribution in [1.82, 2.24) is 4.90 Å². The van der Waals surface area contributed by atoms with E-state index in [2.05, 4.69) is 0 Å². The summed E-state index contributed by atoms with van der Waals surface area (Å²) in [5.41, 5.74) is -0.520. The standard InChI is InChI=1S/C14H25NO4/c1-6-18-12(16)11-8-7-9-15(10(11)2)13(17)19-14(3,4)5/h10-11H,6-9H2,1-5H3/t10-,11+/m1/s1. The molecule has 0 N–H and O–H groups in total. The zero-order chi connectivity index (χ0) is 14.6. The van der Waals surface area contributed by atoms with Crippen molar-refractivity contribution < 1.29 is 19.1 Å². The molecule has 0 aliphatic carbocycles. The van der Waals surface area contributed by atoms with E-state index in [0.717, 1.165) is 12.8 Å². The molecule has 0 aromatic heterocycles. The molecular formula is C14H25NO4. The number of carbonyl (C=O) groups is 2. The van der Waals surface area contributed by atoms with Crippen molar-refractivity contribution in [3.05, 3.63) is 0 Å². The minimum Gasteiger partial charge on any atom is -0.466 e. The van der Waals surface area contributed by atoms with Gasteiger partial charge in [-0.3, -0.25) is 4.79 Å². The van der Waals surface area contributed by atoms with Crippen LogP contribution in [0.4, 0.5) is 4.79 Å². The topological polar surface area (TPSA) is 55.8 Å². The molecule has 5 heteroatoms. The second-order valence-electron chi connectivity index (χ2n) is 5.92. The number of ether oxygens (including phenoxy) is 2. The molecule has 5 nitrogen and oxygen atoms in total. The first kappa shape index (κ1) is 15.8. The molecule has 0 unspecified atom stereocenters. The van der Waals surface area contributed by atoms with Crippen molar-refractivity contribution in [1.29, 1.82) is 0 Å². The van der Waals surface area contributed by atoms with Gasteiger partial charge in [0.05, 0.1) is 12.5 Å². The molecule has 1 aliphatic heterocycles. The Morgan fingerprint density at radius 1 is 1.32 bits per heavy atom. The summed E-state index contributed by atoms with van der Waals surface area (Å²) in [6, 6.07) is -0.178. The Balaban J connectivity index is 2.70. The first-order valence-corrected chi connectivity index (χ1v) is 6.92. The highest BCUT2D eigenvalue weighted by atomic mass is 16.6. The minimum absolute atomic E-state index is 0.178. The summed E-state index contributed by atoms with van der Waals surface area (Å²) in [7, 11) is 0. The molecule has 19 heavy (non-hydrogen) atoms. The number of rotatable bonds is 2. The molecule has 1 amide bonds. The summed E-state index contributed by atoms with van der Waals surface area (Å²) < 4.78 is 10.4. The van der Waals surface area contributed by atoms with Crippen molar-refractivity contribution >= 4 is 12.1 Å². The van der Waals surface area contributed by atoms with E-state index in [1.165, 1.54) is 0 Å². The van der Waals surface area contributed by atoms with Gasteiger partial charge >= 0.3 is 12.1 Å². The molecule has 1 aliphatic rings. The second-order valence-corrected chi connectivity index (χ2v) is 5.92. The normalized spacial score (nSPS) is 23.9. The number of nitrogens with zero attached hydrogens (tertiary/aromatic N) is 1. The van der Waals surface area contributed by atoms with Crippen molar-refractivity contribution in [2.45, 2.75) is 59.1 Å². The maximum absolute atomic E-state index is 12.1. The van der Waals surface area contributed by atoms with E-state index in [1.807, 2.05) is 27.7 Å². The molecule has 0 aromatic rings. The van der Waals surface area contributed by atoms with Crippen molar-refractivity contribution in [3.8, 4) is 0 Å². The maximum atomic E-state index is 12.1. The van der Waals surface area contributed by atoms with Gasteiger partial charge in [-0.25, -0.2) is 4.79 Å². The Kier molecular flexibility index (Phi) is 5.20.